The van der Waals surface area contributed by atoms with E-state index in [1.807, 2.05) is 0 Å². The van der Waals surface area contributed by atoms with E-state index in [2.05, 4.69) is 106 Å². The van der Waals surface area contributed by atoms with Crippen molar-refractivity contribution in [2.75, 3.05) is 13.2 Å². The standard InChI is InChI=1S/C66H114O6/c1-4-7-10-13-16-19-22-24-26-28-30-31-32-33-34-35-37-38-40-42-44-47-50-53-56-59-65(68)71-62-63(61-70-64(67)58-55-52-49-46-21-18-15-12-9-6-3)72-66(69)60-57-54-51-48-45-43-41-39-36-29-27-25-23-20-17-14-11-8-5-2/h7,10,16-17,19-20,24-27,30-31,36,39,63H,4-6,8-9,11-15,18,21-23,28-29,32-35,37-38,40-62H2,1-3H3/b10-7-,19-16-,20-17-,26-24-,27-25-,31-30-,39-36-. The smallest absolute Gasteiger partial charge is 0.306 e. The molecule has 1 unspecified atom stereocenters. The molecular formula is C66H114O6. The maximum Gasteiger partial charge on any atom is 0.306 e. The molecule has 414 valence electrons. The Morgan fingerprint density at radius 3 is 0.875 bits per heavy atom. The number of allylic oxidation sites excluding steroid dienone is 14. The summed E-state index contributed by atoms with van der Waals surface area (Å²) >= 11 is 0. The molecule has 0 bridgehead atoms. The van der Waals surface area contributed by atoms with Crippen LogP contribution in [-0.2, 0) is 28.6 Å². The number of carbonyl (C=O) groups is 3. The maximum absolute atomic E-state index is 12.9. The average Bonchev–Trinajstić information content (AvgIpc) is 3.38. The largest absolute Gasteiger partial charge is 0.462 e. The molecular weight excluding hydrogens is 889 g/mol. The molecule has 0 radical (unpaired) electrons. The highest BCUT2D eigenvalue weighted by molar-refractivity contribution is 5.71. The van der Waals surface area contributed by atoms with E-state index in [1.54, 1.807) is 0 Å². The molecule has 0 saturated heterocycles. The Kier molecular flexibility index (Phi) is 57.3. The fraction of sp³-hybridized carbons (Fsp3) is 0.742. The van der Waals surface area contributed by atoms with Crippen LogP contribution >= 0.6 is 0 Å². The summed E-state index contributed by atoms with van der Waals surface area (Å²) in [5, 5.41) is 0. The Hall–Kier alpha value is -3.41. The van der Waals surface area contributed by atoms with E-state index in [0.717, 1.165) is 109 Å². The second-order valence-corrected chi connectivity index (χ2v) is 20.2. The van der Waals surface area contributed by atoms with Crippen molar-refractivity contribution in [3.8, 4) is 0 Å². The van der Waals surface area contributed by atoms with Gasteiger partial charge in [0.25, 0.3) is 0 Å². The zero-order chi connectivity index (χ0) is 52.2. The number of esters is 3. The van der Waals surface area contributed by atoms with Crippen molar-refractivity contribution in [3.63, 3.8) is 0 Å². The summed E-state index contributed by atoms with van der Waals surface area (Å²) in [5.74, 6) is -0.887. The minimum Gasteiger partial charge on any atom is -0.462 e. The van der Waals surface area contributed by atoms with Crippen LogP contribution < -0.4 is 0 Å². The lowest BCUT2D eigenvalue weighted by molar-refractivity contribution is -0.167. The van der Waals surface area contributed by atoms with Gasteiger partial charge in [0.15, 0.2) is 6.10 Å². The van der Waals surface area contributed by atoms with Crippen molar-refractivity contribution in [1.82, 2.24) is 0 Å². The van der Waals surface area contributed by atoms with E-state index in [0.29, 0.717) is 19.3 Å². The van der Waals surface area contributed by atoms with Crippen LogP contribution in [0, 0.1) is 0 Å². The maximum atomic E-state index is 12.9. The van der Waals surface area contributed by atoms with E-state index in [9.17, 15) is 14.4 Å². The van der Waals surface area contributed by atoms with Gasteiger partial charge in [-0.2, -0.15) is 0 Å². The molecule has 72 heavy (non-hydrogen) atoms. The highest BCUT2D eigenvalue weighted by atomic mass is 16.6. The first-order chi connectivity index (χ1) is 35.5. The minimum absolute atomic E-state index is 0.0798. The number of ether oxygens (including phenoxy) is 3. The van der Waals surface area contributed by atoms with Crippen molar-refractivity contribution in [2.24, 2.45) is 0 Å². The van der Waals surface area contributed by atoms with Crippen LogP contribution in [0.3, 0.4) is 0 Å². The number of unbranched alkanes of at least 4 members (excludes halogenated alkanes) is 30. The molecule has 0 aromatic carbocycles. The Bertz CT molecular complexity index is 1380. The zero-order valence-electron chi connectivity index (χ0n) is 47.4. The van der Waals surface area contributed by atoms with E-state index < -0.39 is 6.10 Å². The predicted molar refractivity (Wildman–Crippen MR) is 311 cm³/mol. The van der Waals surface area contributed by atoms with Crippen molar-refractivity contribution in [1.29, 1.82) is 0 Å². The summed E-state index contributed by atoms with van der Waals surface area (Å²) < 4.78 is 16.9. The molecule has 6 heteroatoms. The van der Waals surface area contributed by atoms with Crippen molar-refractivity contribution in [3.05, 3.63) is 85.1 Å². The molecule has 0 amide bonds. The summed E-state index contributed by atoms with van der Waals surface area (Å²) in [7, 11) is 0. The van der Waals surface area contributed by atoms with Crippen LogP contribution in [0.15, 0.2) is 85.1 Å². The van der Waals surface area contributed by atoms with Gasteiger partial charge in [0.05, 0.1) is 0 Å². The molecule has 6 nitrogen and oxygen atoms in total. The van der Waals surface area contributed by atoms with Gasteiger partial charge in [0, 0.05) is 19.3 Å². The van der Waals surface area contributed by atoms with Gasteiger partial charge in [-0.25, -0.2) is 0 Å². The van der Waals surface area contributed by atoms with Gasteiger partial charge in [-0.05, 0) is 96.3 Å². The fourth-order valence-electron chi connectivity index (χ4n) is 8.56. The highest BCUT2D eigenvalue weighted by Gasteiger charge is 2.19. The fourth-order valence-corrected chi connectivity index (χ4v) is 8.56. The quantitative estimate of drug-likeness (QED) is 0.0261. The number of hydrogen-bond donors (Lipinski definition) is 0. The third-order valence-electron chi connectivity index (χ3n) is 13.1. The highest BCUT2D eigenvalue weighted by Crippen LogP contribution is 2.16. The molecule has 0 saturated carbocycles. The van der Waals surface area contributed by atoms with Gasteiger partial charge >= 0.3 is 17.9 Å². The summed E-state index contributed by atoms with van der Waals surface area (Å²) in [4.78, 5) is 38.2. The number of carbonyl (C=O) groups excluding carboxylic acids is 3. The molecule has 0 aliphatic carbocycles. The van der Waals surface area contributed by atoms with E-state index in [-0.39, 0.29) is 31.1 Å². The van der Waals surface area contributed by atoms with Crippen molar-refractivity contribution in [2.45, 2.75) is 303 Å². The van der Waals surface area contributed by atoms with Crippen LogP contribution in [0.2, 0.25) is 0 Å². The summed E-state index contributed by atoms with van der Waals surface area (Å²) in [6.45, 7) is 6.50. The zero-order valence-corrected chi connectivity index (χ0v) is 47.4. The topological polar surface area (TPSA) is 78.9 Å². The first-order valence-electron chi connectivity index (χ1n) is 30.6. The SMILES string of the molecule is CC/C=C\C/C=C\C/C=C\C/C=C\CCCCCCCCCCCCCCC(=O)OCC(COC(=O)CCCCCCCCCCCC)OC(=O)CCCCCCCC/C=C\C/C=C\C/C=C\CCCCC. The molecule has 0 heterocycles. The van der Waals surface area contributed by atoms with Gasteiger partial charge < -0.3 is 14.2 Å². The van der Waals surface area contributed by atoms with Crippen LogP contribution in [0.25, 0.3) is 0 Å². The lowest BCUT2D eigenvalue weighted by Gasteiger charge is -2.18. The lowest BCUT2D eigenvalue weighted by atomic mass is 10.0. The van der Waals surface area contributed by atoms with Gasteiger partial charge in [-0.3, -0.25) is 14.4 Å². The van der Waals surface area contributed by atoms with Crippen LogP contribution in [0.4, 0.5) is 0 Å². The monoisotopic (exact) mass is 1000 g/mol. The van der Waals surface area contributed by atoms with E-state index in [4.69, 9.17) is 14.2 Å². The Balaban J connectivity index is 4.27. The first-order valence-corrected chi connectivity index (χ1v) is 30.6. The average molecular weight is 1000 g/mol. The third-order valence-corrected chi connectivity index (χ3v) is 13.1. The van der Waals surface area contributed by atoms with Crippen molar-refractivity contribution < 1.29 is 28.6 Å². The third kappa shape index (κ3) is 57.5. The molecule has 0 aliphatic rings. The minimum atomic E-state index is -0.783. The molecule has 0 fully saturated rings. The lowest BCUT2D eigenvalue weighted by Crippen LogP contribution is -2.30. The Morgan fingerprint density at radius 2 is 0.542 bits per heavy atom. The number of hydrogen-bond acceptors (Lipinski definition) is 6. The first kappa shape index (κ1) is 68.6. The predicted octanol–water partition coefficient (Wildman–Crippen LogP) is 20.7. The summed E-state index contributed by atoms with van der Waals surface area (Å²) in [6.07, 6.45) is 78.7. The van der Waals surface area contributed by atoms with Gasteiger partial charge in [-0.1, -0.05) is 266 Å². The normalized spacial score (nSPS) is 12.7. The van der Waals surface area contributed by atoms with E-state index in [1.165, 1.54) is 148 Å². The van der Waals surface area contributed by atoms with Crippen LogP contribution in [0.5, 0.6) is 0 Å². The van der Waals surface area contributed by atoms with Gasteiger partial charge in [0.1, 0.15) is 13.2 Å². The van der Waals surface area contributed by atoms with Crippen LogP contribution in [-0.4, -0.2) is 37.2 Å². The molecule has 0 rings (SSSR count). The number of rotatable bonds is 55. The Labute approximate surface area is 445 Å². The molecule has 0 aliphatic heterocycles. The second kappa shape index (κ2) is 60.1. The molecule has 1 atom stereocenters. The molecule has 0 aromatic rings. The van der Waals surface area contributed by atoms with Crippen molar-refractivity contribution >= 4 is 17.9 Å². The van der Waals surface area contributed by atoms with E-state index >= 15 is 0 Å². The second-order valence-electron chi connectivity index (χ2n) is 20.2. The van der Waals surface area contributed by atoms with Gasteiger partial charge in [0.2, 0.25) is 0 Å². The summed E-state index contributed by atoms with van der Waals surface area (Å²) in [6, 6.07) is 0. The van der Waals surface area contributed by atoms with Gasteiger partial charge in [-0.15, -0.1) is 0 Å². The molecule has 0 N–H and O–H groups in total. The Morgan fingerprint density at radius 1 is 0.292 bits per heavy atom. The molecule has 0 spiro atoms. The molecule has 0 aromatic heterocycles. The summed E-state index contributed by atoms with van der Waals surface area (Å²) in [5.41, 5.74) is 0. The van der Waals surface area contributed by atoms with Crippen LogP contribution in [0.1, 0.15) is 297 Å².